The largest absolute Gasteiger partial charge is 0.382 e. The highest BCUT2D eigenvalue weighted by Crippen LogP contribution is 2.25. The van der Waals surface area contributed by atoms with Gasteiger partial charge in [0.25, 0.3) is 10.0 Å². The van der Waals surface area contributed by atoms with Crippen molar-refractivity contribution in [2.75, 3.05) is 10.5 Å². The molecule has 2 rings (SSSR count). The number of hydrogen-bond donors (Lipinski definition) is 2. The van der Waals surface area contributed by atoms with Crippen LogP contribution in [0.2, 0.25) is 5.02 Å². The number of rotatable bonds is 4. The van der Waals surface area contributed by atoms with E-state index in [-0.39, 0.29) is 21.7 Å². The smallest absolute Gasteiger partial charge is 0.265 e. The Kier molecular flexibility index (Phi) is 4.17. The van der Waals surface area contributed by atoms with E-state index in [2.05, 4.69) is 14.7 Å². The lowest BCUT2D eigenvalue weighted by Gasteiger charge is -2.06. The van der Waals surface area contributed by atoms with E-state index in [1.54, 1.807) is 0 Å². The summed E-state index contributed by atoms with van der Waals surface area (Å²) in [5.74, 6) is 0.319. The number of thiazole rings is 1. The first kappa shape index (κ1) is 15.0. The molecule has 6 nitrogen and oxygen atoms in total. The summed E-state index contributed by atoms with van der Waals surface area (Å²) in [5.41, 5.74) is 6.29. The molecule has 0 saturated heterocycles. The molecule has 0 aliphatic heterocycles. The molecule has 20 heavy (non-hydrogen) atoms. The highest BCUT2D eigenvalue weighted by molar-refractivity contribution is 7.93. The quantitative estimate of drug-likeness (QED) is 0.897. The Morgan fingerprint density at radius 3 is 2.70 bits per heavy atom. The number of pyridine rings is 1. The van der Waals surface area contributed by atoms with Crippen LogP contribution in [-0.2, 0) is 10.0 Å². The van der Waals surface area contributed by atoms with Crippen LogP contribution >= 0.6 is 22.9 Å². The zero-order valence-electron chi connectivity index (χ0n) is 10.8. The van der Waals surface area contributed by atoms with Crippen LogP contribution < -0.4 is 10.5 Å². The zero-order chi connectivity index (χ0) is 14.9. The van der Waals surface area contributed by atoms with Gasteiger partial charge in [0.2, 0.25) is 0 Å². The summed E-state index contributed by atoms with van der Waals surface area (Å²) in [6.45, 7) is 3.97. The number of nitrogens with zero attached hydrogens (tertiary/aromatic N) is 2. The first-order chi connectivity index (χ1) is 9.29. The van der Waals surface area contributed by atoms with Crippen LogP contribution in [0.4, 0.5) is 10.9 Å². The summed E-state index contributed by atoms with van der Waals surface area (Å²) < 4.78 is 26.7. The first-order valence-electron chi connectivity index (χ1n) is 5.69. The molecular weight excluding hydrogens is 320 g/mol. The van der Waals surface area contributed by atoms with Gasteiger partial charge in [0.15, 0.2) is 5.13 Å². The summed E-state index contributed by atoms with van der Waals surface area (Å²) in [7, 11) is -3.77. The normalized spacial score (nSPS) is 11.8. The number of halogens is 1. The Morgan fingerprint density at radius 1 is 1.45 bits per heavy atom. The number of anilines is 2. The van der Waals surface area contributed by atoms with Gasteiger partial charge in [-0.1, -0.05) is 25.4 Å². The molecule has 9 heteroatoms. The van der Waals surface area contributed by atoms with Gasteiger partial charge in [-0.25, -0.2) is 18.4 Å². The topological polar surface area (TPSA) is 98.0 Å². The molecule has 0 unspecified atom stereocenters. The number of nitrogen functional groups attached to an aromatic ring is 1. The number of hydrogen-bond acceptors (Lipinski definition) is 6. The molecule has 2 aromatic rings. The second kappa shape index (κ2) is 5.55. The molecule has 0 fully saturated rings. The standard InChI is InChI=1S/C11H13ClN4O2S2/c1-6(2)9-5-19-11(15-9)16-20(17,18)7-3-8(12)10(13)14-4-7/h3-6H,1-2H3,(H2,13,14)(H,15,16). The first-order valence-corrected chi connectivity index (χ1v) is 8.43. The van der Waals surface area contributed by atoms with E-state index in [9.17, 15) is 8.42 Å². The second-order valence-corrected chi connectivity index (χ2v) is 7.32. The van der Waals surface area contributed by atoms with Crippen molar-refractivity contribution in [3.63, 3.8) is 0 Å². The van der Waals surface area contributed by atoms with Gasteiger partial charge < -0.3 is 5.73 Å². The number of nitrogens with two attached hydrogens (primary N) is 1. The fourth-order valence-corrected chi connectivity index (χ4v) is 3.68. The third-order valence-corrected chi connectivity index (χ3v) is 5.00. The molecule has 0 aliphatic rings. The van der Waals surface area contributed by atoms with Crippen molar-refractivity contribution in [3.8, 4) is 0 Å². The van der Waals surface area contributed by atoms with Crippen LogP contribution in [0.3, 0.4) is 0 Å². The van der Waals surface area contributed by atoms with E-state index < -0.39 is 10.0 Å². The SMILES string of the molecule is CC(C)c1csc(NS(=O)(=O)c2cnc(N)c(Cl)c2)n1. The monoisotopic (exact) mass is 332 g/mol. The van der Waals surface area contributed by atoms with E-state index in [1.807, 2.05) is 19.2 Å². The second-order valence-electron chi connectivity index (χ2n) is 4.38. The third-order valence-electron chi connectivity index (χ3n) is 2.49. The summed E-state index contributed by atoms with van der Waals surface area (Å²) in [5, 5.41) is 2.22. The van der Waals surface area contributed by atoms with Crippen LogP contribution in [0.15, 0.2) is 22.5 Å². The summed E-state index contributed by atoms with van der Waals surface area (Å²) in [6, 6.07) is 1.25. The third kappa shape index (κ3) is 3.20. The van der Waals surface area contributed by atoms with Crippen molar-refractivity contribution in [2.45, 2.75) is 24.7 Å². The zero-order valence-corrected chi connectivity index (χ0v) is 13.2. The molecule has 0 amide bonds. The maximum Gasteiger partial charge on any atom is 0.265 e. The molecule has 0 atom stereocenters. The molecular formula is C11H13ClN4O2S2. The highest BCUT2D eigenvalue weighted by atomic mass is 35.5. The van der Waals surface area contributed by atoms with E-state index in [0.717, 1.165) is 11.9 Å². The Bertz CT molecular complexity index is 728. The number of sulfonamides is 1. The lowest BCUT2D eigenvalue weighted by Crippen LogP contribution is -2.13. The molecule has 2 aromatic heterocycles. The Balaban J connectivity index is 2.28. The van der Waals surface area contributed by atoms with Crippen LogP contribution in [0.25, 0.3) is 0 Å². The predicted octanol–water partition coefficient (Wildman–Crippen LogP) is 2.70. The van der Waals surface area contributed by atoms with Crippen molar-refractivity contribution in [1.29, 1.82) is 0 Å². The van der Waals surface area contributed by atoms with Crippen molar-refractivity contribution in [2.24, 2.45) is 0 Å². The van der Waals surface area contributed by atoms with Gasteiger partial charge in [-0.05, 0) is 12.0 Å². The van der Waals surface area contributed by atoms with Gasteiger partial charge >= 0.3 is 0 Å². The molecule has 3 N–H and O–H groups in total. The van der Waals surface area contributed by atoms with E-state index in [0.29, 0.717) is 5.13 Å². The Labute approximate surface area is 126 Å². The van der Waals surface area contributed by atoms with Gasteiger partial charge in [0, 0.05) is 11.6 Å². The average molecular weight is 333 g/mol. The maximum atomic E-state index is 12.2. The predicted molar refractivity (Wildman–Crippen MR) is 80.7 cm³/mol. The van der Waals surface area contributed by atoms with Gasteiger partial charge in [0.05, 0.1) is 10.7 Å². The van der Waals surface area contributed by atoms with E-state index in [4.69, 9.17) is 17.3 Å². The van der Waals surface area contributed by atoms with Gasteiger partial charge in [-0.15, -0.1) is 11.3 Å². The molecule has 2 heterocycles. The molecule has 0 aliphatic carbocycles. The lowest BCUT2D eigenvalue weighted by molar-refractivity contribution is 0.601. The van der Waals surface area contributed by atoms with E-state index >= 15 is 0 Å². The fourth-order valence-electron chi connectivity index (χ4n) is 1.35. The summed E-state index contributed by atoms with van der Waals surface area (Å²) in [4.78, 5) is 7.88. The minimum atomic E-state index is -3.77. The minimum Gasteiger partial charge on any atom is -0.382 e. The van der Waals surface area contributed by atoms with Crippen LogP contribution in [0, 0.1) is 0 Å². The summed E-state index contributed by atoms with van der Waals surface area (Å²) >= 11 is 7.00. The van der Waals surface area contributed by atoms with Gasteiger partial charge in [0.1, 0.15) is 10.7 Å². The van der Waals surface area contributed by atoms with Crippen LogP contribution in [-0.4, -0.2) is 18.4 Å². The number of aromatic nitrogens is 2. The Morgan fingerprint density at radius 2 is 2.15 bits per heavy atom. The van der Waals surface area contributed by atoms with Crippen molar-refractivity contribution < 1.29 is 8.42 Å². The Hall–Kier alpha value is -1.38. The van der Waals surface area contributed by atoms with Crippen LogP contribution in [0.1, 0.15) is 25.5 Å². The van der Waals surface area contributed by atoms with Crippen molar-refractivity contribution in [3.05, 3.63) is 28.4 Å². The van der Waals surface area contributed by atoms with Gasteiger partial charge in [-0.2, -0.15) is 0 Å². The average Bonchev–Trinajstić information content (AvgIpc) is 2.80. The molecule has 0 bridgehead atoms. The number of nitrogens with one attached hydrogen (secondary N) is 1. The highest BCUT2D eigenvalue weighted by Gasteiger charge is 2.18. The molecule has 0 saturated carbocycles. The summed E-state index contributed by atoms with van der Waals surface area (Å²) in [6.07, 6.45) is 1.15. The van der Waals surface area contributed by atoms with Crippen molar-refractivity contribution in [1.82, 2.24) is 9.97 Å². The fraction of sp³-hybridized carbons (Fsp3) is 0.273. The van der Waals surface area contributed by atoms with E-state index in [1.165, 1.54) is 17.4 Å². The lowest BCUT2D eigenvalue weighted by atomic mass is 10.2. The van der Waals surface area contributed by atoms with Crippen molar-refractivity contribution >= 4 is 43.9 Å². The molecule has 0 aromatic carbocycles. The van der Waals surface area contributed by atoms with Crippen LogP contribution in [0.5, 0.6) is 0 Å². The van der Waals surface area contributed by atoms with Gasteiger partial charge in [-0.3, -0.25) is 4.72 Å². The maximum absolute atomic E-state index is 12.2. The minimum absolute atomic E-state index is 0.0574. The molecule has 108 valence electrons. The molecule has 0 radical (unpaired) electrons. The molecule has 0 spiro atoms.